The molecule has 33 heavy (non-hydrogen) atoms. The molecule has 0 atom stereocenters. The summed E-state index contributed by atoms with van der Waals surface area (Å²) in [5.74, 6) is -0.0320. The highest BCUT2D eigenvalue weighted by atomic mass is 32.2. The third kappa shape index (κ3) is 6.07. The largest absolute Gasteiger partial charge is 0.379 e. The zero-order valence-corrected chi connectivity index (χ0v) is 19.2. The molecule has 1 aromatic heterocycles. The lowest BCUT2D eigenvalue weighted by molar-refractivity contribution is -0.121. The van der Waals surface area contributed by atoms with Gasteiger partial charge in [-0.1, -0.05) is 30.3 Å². The monoisotopic (exact) mass is 468 g/mol. The third-order valence-corrected chi connectivity index (χ3v) is 7.48. The van der Waals surface area contributed by atoms with E-state index in [4.69, 9.17) is 4.74 Å². The van der Waals surface area contributed by atoms with Crippen molar-refractivity contribution in [3.8, 4) is 5.69 Å². The van der Waals surface area contributed by atoms with Crippen LogP contribution in [0, 0.1) is 0 Å². The summed E-state index contributed by atoms with van der Waals surface area (Å²) in [5, 5.41) is 7.30. The van der Waals surface area contributed by atoms with Crippen LogP contribution in [-0.4, -0.2) is 61.3 Å². The number of sulfonamides is 1. The van der Waals surface area contributed by atoms with Crippen molar-refractivity contribution in [1.29, 1.82) is 0 Å². The van der Waals surface area contributed by atoms with Gasteiger partial charge in [-0.15, -0.1) is 0 Å². The summed E-state index contributed by atoms with van der Waals surface area (Å²) < 4.78 is 33.9. The number of aryl methyl sites for hydroxylation is 1. The van der Waals surface area contributed by atoms with Crippen LogP contribution in [0.2, 0.25) is 0 Å². The van der Waals surface area contributed by atoms with Crippen LogP contribution < -0.4 is 5.32 Å². The van der Waals surface area contributed by atoms with Crippen molar-refractivity contribution >= 4 is 15.9 Å². The Hall–Kier alpha value is -3.01. The maximum Gasteiger partial charge on any atom is 0.243 e. The van der Waals surface area contributed by atoms with Crippen molar-refractivity contribution in [3.63, 3.8) is 0 Å². The second kappa shape index (κ2) is 10.7. The van der Waals surface area contributed by atoms with Crippen molar-refractivity contribution in [2.24, 2.45) is 0 Å². The Balaban J connectivity index is 1.21. The number of hydrogen-bond acceptors (Lipinski definition) is 5. The summed E-state index contributed by atoms with van der Waals surface area (Å²) in [6.45, 7) is 2.12. The Morgan fingerprint density at radius 2 is 1.70 bits per heavy atom. The van der Waals surface area contributed by atoms with Crippen LogP contribution in [0.4, 0.5) is 0 Å². The maximum atomic E-state index is 12.7. The fourth-order valence-corrected chi connectivity index (χ4v) is 5.08. The summed E-state index contributed by atoms with van der Waals surface area (Å²) in [4.78, 5) is 12.5. The van der Waals surface area contributed by atoms with Gasteiger partial charge < -0.3 is 10.1 Å². The Morgan fingerprint density at radius 3 is 2.42 bits per heavy atom. The fraction of sp³-hybridized carbons (Fsp3) is 0.333. The second-order valence-corrected chi connectivity index (χ2v) is 9.83. The van der Waals surface area contributed by atoms with E-state index < -0.39 is 10.0 Å². The molecule has 1 amide bonds. The number of amides is 1. The van der Waals surface area contributed by atoms with Gasteiger partial charge in [0.25, 0.3) is 0 Å². The van der Waals surface area contributed by atoms with Crippen molar-refractivity contribution < 1.29 is 17.9 Å². The molecule has 4 rings (SSSR count). The van der Waals surface area contributed by atoms with Crippen LogP contribution >= 0.6 is 0 Å². The van der Waals surface area contributed by atoms with E-state index in [-0.39, 0.29) is 10.8 Å². The number of nitrogens with zero attached hydrogens (tertiary/aromatic N) is 3. The lowest BCUT2D eigenvalue weighted by Crippen LogP contribution is -2.40. The summed E-state index contributed by atoms with van der Waals surface area (Å²) in [6, 6.07) is 16.7. The molecule has 1 saturated heterocycles. The number of hydrogen-bond donors (Lipinski definition) is 1. The first-order chi connectivity index (χ1) is 16.0. The van der Waals surface area contributed by atoms with Gasteiger partial charge in [0.2, 0.25) is 15.9 Å². The van der Waals surface area contributed by atoms with Crippen molar-refractivity contribution in [2.45, 2.75) is 24.2 Å². The van der Waals surface area contributed by atoms with Crippen LogP contribution in [0.1, 0.15) is 17.5 Å². The minimum absolute atomic E-state index is 0.0320. The van der Waals surface area contributed by atoms with E-state index in [1.54, 1.807) is 24.3 Å². The summed E-state index contributed by atoms with van der Waals surface area (Å²) in [7, 11) is -3.50. The fourth-order valence-electron chi connectivity index (χ4n) is 3.67. The highest BCUT2D eigenvalue weighted by molar-refractivity contribution is 7.89. The average molecular weight is 469 g/mol. The number of carbonyl (C=O) groups is 1. The Morgan fingerprint density at radius 1 is 0.970 bits per heavy atom. The number of morpholine rings is 1. The predicted molar refractivity (Wildman–Crippen MR) is 125 cm³/mol. The lowest BCUT2D eigenvalue weighted by Gasteiger charge is -2.26. The molecule has 3 aromatic rings. The minimum Gasteiger partial charge on any atom is -0.379 e. The van der Waals surface area contributed by atoms with Gasteiger partial charge in [0, 0.05) is 32.3 Å². The number of aromatic nitrogens is 2. The molecule has 0 saturated carbocycles. The smallest absolute Gasteiger partial charge is 0.243 e. The van der Waals surface area contributed by atoms with E-state index in [0.29, 0.717) is 52.1 Å². The van der Waals surface area contributed by atoms with Crippen LogP contribution in [0.5, 0.6) is 0 Å². The van der Waals surface area contributed by atoms with E-state index in [1.165, 1.54) is 4.31 Å². The number of ether oxygens (including phenoxy) is 1. The topological polar surface area (TPSA) is 93.5 Å². The summed E-state index contributed by atoms with van der Waals surface area (Å²) >= 11 is 0. The van der Waals surface area contributed by atoms with Crippen LogP contribution in [-0.2, 0) is 32.4 Å². The number of para-hydroxylation sites is 1. The second-order valence-electron chi connectivity index (χ2n) is 7.89. The first-order valence-electron chi connectivity index (χ1n) is 11.0. The molecule has 9 heteroatoms. The van der Waals surface area contributed by atoms with Gasteiger partial charge >= 0.3 is 0 Å². The summed E-state index contributed by atoms with van der Waals surface area (Å²) in [6.07, 6.45) is 5.38. The standard InChI is InChI=1S/C24H28N4O4S/c29-24(25-13-12-21-18-26-28(19-21)22-4-2-1-3-5-22)11-8-20-6-9-23(10-7-20)33(30,31)27-14-16-32-17-15-27/h1-7,9-10,18-19H,8,11-17H2,(H,25,29). The number of benzene rings is 2. The molecule has 1 fully saturated rings. The maximum absolute atomic E-state index is 12.7. The molecule has 0 radical (unpaired) electrons. The zero-order chi connectivity index (χ0) is 23.1. The van der Waals surface area contributed by atoms with Crippen molar-refractivity contribution in [2.75, 3.05) is 32.8 Å². The van der Waals surface area contributed by atoms with Crippen molar-refractivity contribution in [3.05, 3.63) is 78.1 Å². The first kappa shape index (κ1) is 23.2. The number of carbonyl (C=O) groups excluding carboxylic acids is 1. The molecule has 0 bridgehead atoms. The zero-order valence-electron chi connectivity index (χ0n) is 18.4. The quantitative estimate of drug-likeness (QED) is 0.520. The molecule has 2 heterocycles. The molecule has 1 N–H and O–H groups in total. The normalized spacial score (nSPS) is 14.8. The molecule has 1 aliphatic heterocycles. The van der Waals surface area contributed by atoms with Crippen molar-refractivity contribution in [1.82, 2.24) is 19.4 Å². The minimum atomic E-state index is -3.50. The van der Waals surface area contributed by atoms with E-state index >= 15 is 0 Å². The van der Waals surface area contributed by atoms with Crippen LogP contribution in [0.25, 0.3) is 5.69 Å². The molecular weight excluding hydrogens is 440 g/mol. The predicted octanol–water partition coefficient (Wildman–Crippen LogP) is 2.18. The van der Waals surface area contributed by atoms with E-state index in [2.05, 4.69) is 10.4 Å². The number of rotatable bonds is 9. The molecule has 0 aliphatic carbocycles. The van der Waals surface area contributed by atoms with E-state index in [9.17, 15) is 13.2 Å². The van der Waals surface area contributed by atoms with Gasteiger partial charge in [-0.05, 0) is 48.2 Å². The molecule has 0 unspecified atom stereocenters. The molecule has 1 aliphatic rings. The van der Waals surface area contributed by atoms with E-state index in [0.717, 1.165) is 16.8 Å². The van der Waals surface area contributed by atoms with E-state index in [1.807, 2.05) is 47.4 Å². The highest BCUT2D eigenvalue weighted by Gasteiger charge is 2.26. The van der Waals surface area contributed by atoms with Gasteiger partial charge in [-0.2, -0.15) is 9.40 Å². The molecule has 174 valence electrons. The third-order valence-electron chi connectivity index (χ3n) is 5.56. The van der Waals surface area contributed by atoms with Gasteiger partial charge in [-0.25, -0.2) is 13.1 Å². The van der Waals surface area contributed by atoms with Gasteiger partial charge in [0.05, 0.1) is 30.0 Å². The van der Waals surface area contributed by atoms with Gasteiger partial charge in [0.15, 0.2) is 0 Å². The van der Waals surface area contributed by atoms with Crippen LogP contribution in [0.15, 0.2) is 71.9 Å². The summed E-state index contributed by atoms with van der Waals surface area (Å²) in [5.41, 5.74) is 2.97. The molecule has 8 nitrogen and oxygen atoms in total. The lowest BCUT2D eigenvalue weighted by atomic mass is 10.1. The van der Waals surface area contributed by atoms with Gasteiger partial charge in [-0.3, -0.25) is 4.79 Å². The Labute approximate surface area is 194 Å². The molecule has 0 spiro atoms. The molecular formula is C24H28N4O4S. The highest BCUT2D eigenvalue weighted by Crippen LogP contribution is 2.18. The number of nitrogens with one attached hydrogen (secondary N) is 1. The Bertz CT molecular complexity index is 1150. The van der Waals surface area contributed by atoms with Gasteiger partial charge in [0.1, 0.15) is 0 Å². The SMILES string of the molecule is O=C(CCc1ccc(S(=O)(=O)N2CCOCC2)cc1)NCCc1cnn(-c2ccccc2)c1. The molecule has 2 aromatic carbocycles. The average Bonchev–Trinajstić information content (AvgIpc) is 3.33. The Kier molecular flexibility index (Phi) is 7.54. The van der Waals surface area contributed by atoms with Crippen LogP contribution in [0.3, 0.4) is 0 Å². The first-order valence-corrected chi connectivity index (χ1v) is 12.5.